The van der Waals surface area contributed by atoms with Gasteiger partial charge >= 0.3 is 0 Å². The number of nitrogens with two attached hydrogens (primary N) is 1. The van der Waals surface area contributed by atoms with Gasteiger partial charge in [0.2, 0.25) is 0 Å². The Morgan fingerprint density at radius 2 is 2.12 bits per heavy atom. The van der Waals surface area contributed by atoms with Crippen molar-refractivity contribution in [2.75, 3.05) is 19.6 Å². The van der Waals surface area contributed by atoms with Gasteiger partial charge in [-0.2, -0.15) is 0 Å². The number of nitrogens with one attached hydrogen (secondary N) is 1. The van der Waals surface area contributed by atoms with Crippen LogP contribution in [0.15, 0.2) is 24.3 Å². The van der Waals surface area contributed by atoms with Crippen molar-refractivity contribution in [3.05, 3.63) is 35.4 Å². The standard InChI is InChI=1S/C15H24N2/c1-12(10-16)9-13-4-6-14(7-5-13)15-3-2-8-17-11-15/h4-7,12,15,17H,2-3,8-11,16H2,1H3. The third-order valence-electron chi connectivity index (χ3n) is 3.73. The van der Waals surface area contributed by atoms with Gasteiger partial charge in [-0.15, -0.1) is 0 Å². The molecule has 17 heavy (non-hydrogen) atoms. The number of hydrogen-bond donors (Lipinski definition) is 2. The molecule has 1 aliphatic rings. The lowest BCUT2D eigenvalue weighted by Gasteiger charge is -2.23. The molecule has 1 aromatic rings. The van der Waals surface area contributed by atoms with Crippen molar-refractivity contribution in [1.82, 2.24) is 5.32 Å². The number of hydrogen-bond acceptors (Lipinski definition) is 2. The Kier molecular flexibility index (Phi) is 4.57. The van der Waals surface area contributed by atoms with Crippen molar-refractivity contribution in [1.29, 1.82) is 0 Å². The summed E-state index contributed by atoms with van der Waals surface area (Å²) in [5, 5.41) is 3.47. The molecule has 0 spiro atoms. The molecule has 0 bridgehead atoms. The molecule has 94 valence electrons. The molecule has 2 rings (SSSR count). The highest BCUT2D eigenvalue weighted by Gasteiger charge is 2.14. The van der Waals surface area contributed by atoms with Gasteiger partial charge in [-0.05, 0) is 55.3 Å². The van der Waals surface area contributed by atoms with E-state index in [1.54, 1.807) is 0 Å². The second-order valence-electron chi connectivity index (χ2n) is 5.33. The summed E-state index contributed by atoms with van der Waals surface area (Å²) in [5.74, 6) is 1.29. The highest BCUT2D eigenvalue weighted by molar-refractivity contribution is 5.26. The second kappa shape index (κ2) is 6.18. The maximum atomic E-state index is 5.66. The first kappa shape index (κ1) is 12.6. The van der Waals surface area contributed by atoms with E-state index in [2.05, 4.69) is 36.5 Å². The summed E-state index contributed by atoms with van der Waals surface area (Å²) in [7, 11) is 0. The smallest absolute Gasteiger partial charge is 0.00201 e. The first-order valence-electron chi connectivity index (χ1n) is 6.79. The predicted octanol–water partition coefficient (Wildman–Crippen LogP) is 2.29. The zero-order chi connectivity index (χ0) is 12.1. The Morgan fingerprint density at radius 3 is 2.71 bits per heavy atom. The lowest BCUT2D eigenvalue weighted by atomic mass is 9.90. The summed E-state index contributed by atoms with van der Waals surface area (Å²) >= 11 is 0. The summed E-state index contributed by atoms with van der Waals surface area (Å²) < 4.78 is 0. The van der Waals surface area contributed by atoms with Gasteiger partial charge in [-0.1, -0.05) is 31.2 Å². The highest BCUT2D eigenvalue weighted by Crippen LogP contribution is 2.23. The molecule has 3 N–H and O–H groups in total. The largest absolute Gasteiger partial charge is 0.330 e. The molecule has 2 unspecified atom stereocenters. The third-order valence-corrected chi connectivity index (χ3v) is 3.73. The van der Waals surface area contributed by atoms with Crippen LogP contribution in [0.4, 0.5) is 0 Å². The summed E-state index contributed by atoms with van der Waals surface area (Å²) in [6.07, 6.45) is 3.72. The van der Waals surface area contributed by atoms with Gasteiger partial charge in [0, 0.05) is 6.54 Å². The zero-order valence-corrected chi connectivity index (χ0v) is 10.8. The fraction of sp³-hybridized carbons (Fsp3) is 0.600. The minimum atomic E-state index is 0.581. The summed E-state index contributed by atoms with van der Waals surface area (Å²) in [4.78, 5) is 0. The van der Waals surface area contributed by atoms with Crippen LogP contribution in [0.3, 0.4) is 0 Å². The molecule has 1 saturated heterocycles. The number of rotatable bonds is 4. The topological polar surface area (TPSA) is 38.0 Å². The molecule has 0 amide bonds. The summed E-state index contributed by atoms with van der Waals surface area (Å²) in [6, 6.07) is 9.15. The van der Waals surface area contributed by atoms with Crippen LogP contribution in [0.2, 0.25) is 0 Å². The highest BCUT2D eigenvalue weighted by atomic mass is 14.9. The third kappa shape index (κ3) is 3.55. The van der Waals surface area contributed by atoms with Crippen molar-refractivity contribution in [3.8, 4) is 0 Å². The molecule has 1 aliphatic heterocycles. The number of benzene rings is 1. The molecule has 0 saturated carbocycles. The van der Waals surface area contributed by atoms with Gasteiger partial charge in [-0.25, -0.2) is 0 Å². The molecule has 2 atom stereocenters. The molecular weight excluding hydrogens is 208 g/mol. The van der Waals surface area contributed by atoms with Gasteiger partial charge in [0.15, 0.2) is 0 Å². The summed E-state index contributed by atoms with van der Waals surface area (Å²) in [5.41, 5.74) is 8.56. The normalized spacial score (nSPS) is 22.4. The Morgan fingerprint density at radius 1 is 1.35 bits per heavy atom. The maximum Gasteiger partial charge on any atom is 0.00201 e. The fourth-order valence-corrected chi connectivity index (χ4v) is 2.55. The summed E-state index contributed by atoms with van der Waals surface area (Å²) in [6.45, 7) is 5.30. The molecule has 1 fully saturated rings. The molecule has 1 aromatic carbocycles. The lowest BCUT2D eigenvalue weighted by molar-refractivity contribution is 0.461. The van der Waals surface area contributed by atoms with Crippen LogP contribution in [-0.2, 0) is 6.42 Å². The van der Waals surface area contributed by atoms with E-state index in [9.17, 15) is 0 Å². The average Bonchev–Trinajstić information content (AvgIpc) is 2.40. The van der Waals surface area contributed by atoms with E-state index in [1.807, 2.05) is 0 Å². The maximum absolute atomic E-state index is 5.66. The van der Waals surface area contributed by atoms with Gasteiger partial charge in [0.05, 0.1) is 0 Å². The predicted molar refractivity (Wildman–Crippen MR) is 73.2 cm³/mol. The SMILES string of the molecule is CC(CN)Cc1ccc(C2CCCNC2)cc1. The van der Waals surface area contributed by atoms with Gasteiger partial charge in [0.25, 0.3) is 0 Å². The Labute approximate surface area is 105 Å². The number of piperidine rings is 1. The van der Waals surface area contributed by atoms with E-state index >= 15 is 0 Å². The molecular formula is C15H24N2. The lowest BCUT2D eigenvalue weighted by Crippen LogP contribution is -2.28. The monoisotopic (exact) mass is 232 g/mol. The molecule has 1 heterocycles. The van der Waals surface area contributed by atoms with Crippen LogP contribution >= 0.6 is 0 Å². The van der Waals surface area contributed by atoms with Gasteiger partial charge < -0.3 is 11.1 Å². The van der Waals surface area contributed by atoms with Crippen LogP contribution in [0.1, 0.15) is 36.8 Å². The van der Waals surface area contributed by atoms with E-state index in [-0.39, 0.29) is 0 Å². The van der Waals surface area contributed by atoms with E-state index < -0.39 is 0 Å². The quantitative estimate of drug-likeness (QED) is 0.836. The van der Waals surface area contributed by atoms with E-state index in [0.29, 0.717) is 11.8 Å². The zero-order valence-electron chi connectivity index (χ0n) is 10.8. The first-order valence-corrected chi connectivity index (χ1v) is 6.79. The van der Waals surface area contributed by atoms with Crippen LogP contribution in [-0.4, -0.2) is 19.6 Å². The fourth-order valence-electron chi connectivity index (χ4n) is 2.55. The van der Waals surface area contributed by atoms with Gasteiger partial charge in [-0.3, -0.25) is 0 Å². The van der Waals surface area contributed by atoms with E-state index in [0.717, 1.165) is 19.5 Å². The molecule has 2 nitrogen and oxygen atoms in total. The van der Waals surface area contributed by atoms with Crippen molar-refractivity contribution in [3.63, 3.8) is 0 Å². The van der Waals surface area contributed by atoms with Gasteiger partial charge in [0.1, 0.15) is 0 Å². The Balaban J connectivity index is 1.97. The first-order chi connectivity index (χ1) is 8.29. The van der Waals surface area contributed by atoms with Crippen LogP contribution in [0, 0.1) is 5.92 Å². The molecule has 0 radical (unpaired) electrons. The second-order valence-corrected chi connectivity index (χ2v) is 5.33. The van der Waals surface area contributed by atoms with Crippen molar-refractivity contribution >= 4 is 0 Å². The minimum Gasteiger partial charge on any atom is -0.330 e. The van der Waals surface area contributed by atoms with E-state index in [4.69, 9.17) is 5.73 Å². The molecule has 0 aliphatic carbocycles. The molecule has 0 aromatic heterocycles. The minimum absolute atomic E-state index is 0.581. The van der Waals surface area contributed by atoms with Crippen molar-refractivity contribution in [2.24, 2.45) is 11.7 Å². The Hall–Kier alpha value is -0.860. The van der Waals surface area contributed by atoms with Crippen LogP contribution in [0.25, 0.3) is 0 Å². The van der Waals surface area contributed by atoms with E-state index in [1.165, 1.54) is 30.5 Å². The Bertz CT molecular complexity index is 325. The molecule has 2 heteroatoms. The average molecular weight is 232 g/mol. The van der Waals surface area contributed by atoms with Crippen molar-refractivity contribution < 1.29 is 0 Å². The van der Waals surface area contributed by atoms with Crippen LogP contribution < -0.4 is 11.1 Å². The van der Waals surface area contributed by atoms with Crippen LogP contribution in [0.5, 0.6) is 0 Å². The van der Waals surface area contributed by atoms with Crippen molar-refractivity contribution in [2.45, 2.75) is 32.1 Å².